The van der Waals surface area contributed by atoms with Crippen LogP contribution in [0.2, 0.25) is 5.02 Å². The summed E-state index contributed by atoms with van der Waals surface area (Å²) in [5, 5.41) is 3.44. The quantitative estimate of drug-likeness (QED) is 0.687. The number of hydrogen-bond donors (Lipinski definition) is 1. The first kappa shape index (κ1) is 16.0. The monoisotopic (exact) mass is 419 g/mol. The van der Waals surface area contributed by atoms with Crippen molar-refractivity contribution >= 4 is 43.5 Å². The van der Waals surface area contributed by atoms with Gasteiger partial charge in [-0.05, 0) is 42.8 Å². The zero-order valence-corrected chi connectivity index (χ0v) is 14.7. The minimum atomic E-state index is -0.381. The third-order valence-electron chi connectivity index (χ3n) is 3.14. The van der Waals surface area contributed by atoms with Crippen molar-refractivity contribution < 1.29 is 4.39 Å². The second kappa shape index (κ2) is 7.03. The van der Waals surface area contributed by atoms with Crippen LogP contribution in [0.3, 0.4) is 0 Å². The normalized spacial score (nSPS) is 12.4. The third kappa shape index (κ3) is 3.61. The van der Waals surface area contributed by atoms with Crippen LogP contribution in [0.4, 0.5) is 4.39 Å². The summed E-state index contributed by atoms with van der Waals surface area (Å²) in [6.07, 6.45) is 0.618. The van der Waals surface area contributed by atoms with Gasteiger partial charge in [-0.3, -0.25) is 0 Å². The van der Waals surface area contributed by atoms with Crippen molar-refractivity contribution in [2.45, 2.75) is 12.5 Å². The van der Waals surface area contributed by atoms with Gasteiger partial charge in [-0.25, -0.2) is 4.39 Å². The molecule has 106 valence electrons. The fraction of sp³-hybridized carbons (Fsp3) is 0.200. The number of nitrogens with one attached hydrogen (secondary N) is 1. The Balaban J connectivity index is 2.31. The molecule has 0 spiro atoms. The van der Waals surface area contributed by atoms with E-state index in [4.69, 9.17) is 11.6 Å². The van der Waals surface area contributed by atoms with E-state index < -0.39 is 0 Å². The average molecular weight is 422 g/mol. The second-order valence-corrected chi connectivity index (χ2v) is 6.57. The second-order valence-electron chi connectivity index (χ2n) is 4.42. The molecule has 1 atom stereocenters. The summed E-state index contributed by atoms with van der Waals surface area (Å²) in [6.45, 7) is 0. The van der Waals surface area contributed by atoms with Crippen molar-refractivity contribution in [3.8, 4) is 0 Å². The molecule has 0 saturated heterocycles. The van der Waals surface area contributed by atoms with Gasteiger partial charge in [0.25, 0.3) is 0 Å². The minimum absolute atomic E-state index is 0.0526. The first-order valence-electron chi connectivity index (χ1n) is 6.08. The average Bonchev–Trinajstić information content (AvgIpc) is 2.41. The first-order chi connectivity index (χ1) is 9.52. The lowest BCUT2D eigenvalue weighted by molar-refractivity contribution is 0.582. The summed E-state index contributed by atoms with van der Waals surface area (Å²) in [5.74, 6) is -0.381. The van der Waals surface area contributed by atoms with Crippen LogP contribution in [0.5, 0.6) is 0 Å². The minimum Gasteiger partial charge on any atom is -0.313 e. The van der Waals surface area contributed by atoms with E-state index in [0.717, 1.165) is 20.1 Å². The Bertz CT molecular complexity index is 619. The summed E-state index contributed by atoms with van der Waals surface area (Å²) in [4.78, 5) is 0. The smallest absolute Gasteiger partial charge is 0.142 e. The molecule has 2 aromatic carbocycles. The Hall–Kier alpha value is -0.420. The van der Waals surface area contributed by atoms with Gasteiger partial charge >= 0.3 is 0 Å². The number of rotatable bonds is 4. The maximum Gasteiger partial charge on any atom is 0.142 e. The molecule has 0 saturated carbocycles. The van der Waals surface area contributed by atoms with Gasteiger partial charge in [0.15, 0.2) is 0 Å². The number of likely N-dealkylation sites (N-methyl/N-ethyl adjacent to an activating group) is 1. The van der Waals surface area contributed by atoms with Crippen molar-refractivity contribution in [2.24, 2.45) is 0 Å². The zero-order valence-electron chi connectivity index (χ0n) is 10.8. The Morgan fingerprint density at radius 2 is 2.00 bits per heavy atom. The molecule has 0 aliphatic heterocycles. The van der Waals surface area contributed by atoms with E-state index in [1.165, 1.54) is 6.07 Å². The molecule has 2 rings (SSSR count). The maximum atomic E-state index is 13.5. The van der Waals surface area contributed by atoms with Crippen LogP contribution in [0.1, 0.15) is 17.2 Å². The van der Waals surface area contributed by atoms with Gasteiger partial charge < -0.3 is 5.32 Å². The van der Waals surface area contributed by atoms with Gasteiger partial charge in [0, 0.05) is 15.0 Å². The number of halogens is 4. The molecule has 1 nitrogen and oxygen atoms in total. The topological polar surface area (TPSA) is 12.0 Å². The molecular formula is C15H13Br2ClFN. The largest absolute Gasteiger partial charge is 0.313 e. The third-order valence-corrected chi connectivity index (χ3v) is 4.75. The van der Waals surface area contributed by atoms with Crippen LogP contribution in [0, 0.1) is 5.82 Å². The molecule has 0 bridgehead atoms. The van der Waals surface area contributed by atoms with Crippen molar-refractivity contribution in [3.63, 3.8) is 0 Å². The fourth-order valence-corrected chi connectivity index (χ4v) is 3.60. The van der Waals surface area contributed by atoms with Crippen molar-refractivity contribution in [1.29, 1.82) is 0 Å². The highest BCUT2D eigenvalue weighted by Crippen LogP contribution is 2.31. The Labute approximate surface area is 139 Å². The molecule has 0 aliphatic carbocycles. The lowest BCUT2D eigenvalue weighted by Gasteiger charge is -2.19. The summed E-state index contributed by atoms with van der Waals surface area (Å²) >= 11 is 13.0. The Morgan fingerprint density at radius 1 is 1.25 bits per heavy atom. The summed E-state index contributed by atoms with van der Waals surface area (Å²) in [7, 11) is 1.88. The van der Waals surface area contributed by atoms with Gasteiger partial charge in [-0.2, -0.15) is 0 Å². The van der Waals surface area contributed by atoms with Gasteiger partial charge in [-0.1, -0.05) is 61.7 Å². The lowest BCUT2D eigenvalue weighted by Crippen LogP contribution is -2.19. The molecule has 0 aliphatic rings. The molecule has 2 aromatic rings. The molecule has 0 fully saturated rings. The molecule has 1 unspecified atom stereocenters. The van der Waals surface area contributed by atoms with E-state index >= 15 is 0 Å². The standard InChI is InChI=1S/C15H13Br2ClFN/c1-20-14(11-6-5-10(16)8-12(11)17)7-9-3-2-4-13(19)15(9)18/h2-6,8,14,20H,7H2,1H3. The van der Waals surface area contributed by atoms with E-state index in [0.29, 0.717) is 6.42 Å². The van der Waals surface area contributed by atoms with Gasteiger partial charge in [0.2, 0.25) is 0 Å². The fourth-order valence-electron chi connectivity index (χ4n) is 2.08. The molecule has 0 aromatic heterocycles. The van der Waals surface area contributed by atoms with Crippen LogP contribution in [-0.2, 0) is 6.42 Å². The highest BCUT2D eigenvalue weighted by atomic mass is 79.9. The molecule has 0 radical (unpaired) electrons. The summed E-state index contributed by atoms with van der Waals surface area (Å²) in [6, 6.07) is 11.0. The van der Waals surface area contributed by atoms with E-state index in [-0.39, 0.29) is 16.9 Å². The van der Waals surface area contributed by atoms with E-state index in [1.807, 2.05) is 31.3 Å². The molecule has 20 heavy (non-hydrogen) atoms. The van der Waals surface area contributed by atoms with Crippen LogP contribution < -0.4 is 5.32 Å². The van der Waals surface area contributed by atoms with E-state index in [1.54, 1.807) is 6.07 Å². The molecular weight excluding hydrogens is 408 g/mol. The maximum absolute atomic E-state index is 13.5. The van der Waals surface area contributed by atoms with Gasteiger partial charge in [-0.15, -0.1) is 0 Å². The SMILES string of the molecule is CNC(Cc1cccc(F)c1Cl)c1ccc(Br)cc1Br. The molecule has 5 heteroatoms. The van der Waals surface area contributed by atoms with Crippen molar-refractivity contribution in [1.82, 2.24) is 5.32 Å². The van der Waals surface area contributed by atoms with E-state index in [9.17, 15) is 4.39 Å². The zero-order chi connectivity index (χ0) is 14.7. The number of benzene rings is 2. The van der Waals surface area contributed by atoms with Gasteiger partial charge in [0.1, 0.15) is 5.82 Å². The van der Waals surface area contributed by atoms with Gasteiger partial charge in [0.05, 0.1) is 5.02 Å². The van der Waals surface area contributed by atoms with Crippen LogP contribution in [0.15, 0.2) is 45.3 Å². The first-order valence-corrected chi connectivity index (χ1v) is 8.04. The predicted octanol–water partition coefficient (Wildman–Crippen LogP) is 5.51. The van der Waals surface area contributed by atoms with Crippen LogP contribution in [0.25, 0.3) is 0 Å². The highest BCUT2D eigenvalue weighted by molar-refractivity contribution is 9.11. The van der Waals surface area contributed by atoms with E-state index in [2.05, 4.69) is 37.2 Å². The lowest BCUT2D eigenvalue weighted by atomic mass is 9.99. The van der Waals surface area contributed by atoms with Crippen molar-refractivity contribution in [2.75, 3.05) is 7.05 Å². The van der Waals surface area contributed by atoms with Crippen molar-refractivity contribution in [3.05, 3.63) is 67.3 Å². The number of hydrogen-bond acceptors (Lipinski definition) is 1. The Morgan fingerprint density at radius 3 is 2.65 bits per heavy atom. The predicted molar refractivity (Wildman–Crippen MR) is 88.8 cm³/mol. The Kier molecular flexibility index (Phi) is 5.61. The molecule has 0 heterocycles. The van der Waals surface area contributed by atoms with Crippen LogP contribution >= 0.6 is 43.5 Å². The highest BCUT2D eigenvalue weighted by Gasteiger charge is 2.16. The molecule has 0 amide bonds. The van der Waals surface area contributed by atoms with Crippen LogP contribution in [-0.4, -0.2) is 7.05 Å². The molecule has 1 N–H and O–H groups in total. The summed E-state index contributed by atoms with van der Waals surface area (Å²) in [5.41, 5.74) is 1.90. The summed E-state index contributed by atoms with van der Waals surface area (Å²) < 4.78 is 15.5.